The quantitative estimate of drug-likeness (QED) is 0.519. The lowest BCUT2D eigenvalue weighted by molar-refractivity contribution is 0.0305. The standard InChI is InChI=1S/C29H49N5/c1-3-25(4-2)10-15-31-20-22-33(23-21-31)27-8-9-28(30-24-27)34-18-13-29(14-19-34)11-16-32(17-12-29)26-6-5-7-26/h8-9,24-26H,3-7,10-23H2,1-2H3. The number of piperazine rings is 1. The molecule has 4 aliphatic rings. The third kappa shape index (κ3) is 5.56. The van der Waals surface area contributed by atoms with Gasteiger partial charge in [0.25, 0.3) is 0 Å². The Balaban J connectivity index is 1.06. The first-order valence-electron chi connectivity index (χ1n) is 14.6. The lowest BCUT2D eigenvalue weighted by Gasteiger charge is -2.50. The minimum atomic E-state index is 0.616. The van der Waals surface area contributed by atoms with Crippen LogP contribution >= 0.6 is 0 Å². The summed E-state index contributed by atoms with van der Waals surface area (Å²) in [6.07, 6.45) is 16.1. The highest BCUT2D eigenvalue weighted by molar-refractivity contribution is 5.51. The van der Waals surface area contributed by atoms with Gasteiger partial charge < -0.3 is 14.7 Å². The molecule has 1 aromatic rings. The number of piperidine rings is 2. The molecule has 3 aliphatic heterocycles. The van der Waals surface area contributed by atoms with Crippen molar-refractivity contribution in [3.05, 3.63) is 18.3 Å². The molecule has 34 heavy (non-hydrogen) atoms. The molecular weight excluding hydrogens is 418 g/mol. The fourth-order valence-electron chi connectivity index (χ4n) is 6.87. The van der Waals surface area contributed by atoms with Crippen LogP contribution in [0, 0.1) is 11.3 Å². The number of rotatable bonds is 8. The van der Waals surface area contributed by atoms with Crippen molar-refractivity contribution in [2.75, 3.05) is 68.7 Å². The Morgan fingerprint density at radius 3 is 2.09 bits per heavy atom. The van der Waals surface area contributed by atoms with E-state index in [9.17, 15) is 0 Å². The third-order valence-electron chi connectivity index (χ3n) is 10.1. The fraction of sp³-hybridized carbons (Fsp3) is 0.828. The first-order valence-corrected chi connectivity index (χ1v) is 14.6. The summed E-state index contributed by atoms with van der Waals surface area (Å²) in [5, 5.41) is 0. The van der Waals surface area contributed by atoms with Crippen LogP contribution in [-0.4, -0.2) is 79.7 Å². The van der Waals surface area contributed by atoms with E-state index in [0.29, 0.717) is 5.41 Å². The van der Waals surface area contributed by atoms with Gasteiger partial charge >= 0.3 is 0 Å². The van der Waals surface area contributed by atoms with Crippen LogP contribution < -0.4 is 9.80 Å². The number of hydrogen-bond acceptors (Lipinski definition) is 5. The van der Waals surface area contributed by atoms with Gasteiger partial charge in [-0.1, -0.05) is 33.1 Å². The second-order valence-corrected chi connectivity index (χ2v) is 11.8. The van der Waals surface area contributed by atoms with Crippen LogP contribution in [0.25, 0.3) is 0 Å². The monoisotopic (exact) mass is 467 g/mol. The zero-order valence-electron chi connectivity index (χ0n) is 22.1. The Morgan fingerprint density at radius 1 is 0.853 bits per heavy atom. The van der Waals surface area contributed by atoms with Crippen LogP contribution in [0.5, 0.6) is 0 Å². The van der Waals surface area contributed by atoms with Gasteiger partial charge in [-0.3, -0.25) is 4.90 Å². The van der Waals surface area contributed by atoms with Gasteiger partial charge in [0.15, 0.2) is 0 Å². The molecule has 5 heteroatoms. The van der Waals surface area contributed by atoms with E-state index in [1.54, 1.807) is 0 Å². The number of hydrogen-bond donors (Lipinski definition) is 0. The molecule has 1 spiro atoms. The Kier molecular flexibility index (Phi) is 8.00. The molecule has 4 fully saturated rings. The van der Waals surface area contributed by atoms with Gasteiger partial charge in [-0.2, -0.15) is 0 Å². The Labute approximate surface area is 208 Å². The molecule has 0 aromatic carbocycles. The van der Waals surface area contributed by atoms with Gasteiger partial charge in [-0.05, 0) is 88.0 Å². The first-order chi connectivity index (χ1) is 16.7. The fourth-order valence-corrected chi connectivity index (χ4v) is 6.87. The minimum absolute atomic E-state index is 0.616. The minimum Gasteiger partial charge on any atom is -0.368 e. The maximum atomic E-state index is 4.93. The van der Waals surface area contributed by atoms with Crippen LogP contribution in [0.1, 0.15) is 78.1 Å². The highest BCUT2D eigenvalue weighted by Gasteiger charge is 2.39. The van der Waals surface area contributed by atoms with Crippen LogP contribution in [0.3, 0.4) is 0 Å². The van der Waals surface area contributed by atoms with Crippen molar-refractivity contribution >= 4 is 11.5 Å². The summed E-state index contributed by atoms with van der Waals surface area (Å²) in [4.78, 5) is 15.5. The molecule has 4 heterocycles. The topological polar surface area (TPSA) is 25.9 Å². The van der Waals surface area contributed by atoms with E-state index < -0.39 is 0 Å². The van der Waals surface area contributed by atoms with Crippen LogP contribution in [0.4, 0.5) is 11.5 Å². The van der Waals surface area contributed by atoms with E-state index in [-0.39, 0.29) is 0 Å². The van der Waals surface area contributed by atoms with Gasteiger partial charge in [0.1, 0.15) is 5.82 Å². The molecule has 0 bridgehead atoms. The lowest BCUT2D eigenvalue weighted by atomic mass is 9.70. The molecule has 1 aliphatic carbocycles. The Hall–Kier alpha value is -1.33. The number of pyridine rings is 1. The molecule has 0 amide bonds. The molecule has 1 saturated carbocycles. The molecule has 3 saturated heterocycles. The zero-order chi connectivity index (χ0) is 23.4. The van der Waals surface area contributed by atoms with Gasteiger partial charge in [0, 0.05) is 45.3 Å². The van der Waals surface area contributed by atoms with Crippen molar-refractivity contribution in [3.8, 4) is 0 Å². The van der Waals surface area contributed by atoms with E-state index >= 15 is 0 Å². The summed E-state index contributed by atoms with van der Waals surface area (Å²) in [5.41, 5.74) is 1.92. The predicted molar refractivity (Wildman–Crippen MR) is 144 cm³/mol. The summed E-state index contributed by atoms with van der Waals surface area (Å²) in [5.74, 6) is 2.09. The third-order valence-corrected chi connectivity index (χ3v) is 10.1. The lowest BCUT2D eigenvalue weighted by Crippen LogP contribution is -2.51. The first kappa shape index (κ1) is 24.4. The number of anilines is 2. The van der Waals surface area contributed by atoms with Crippen molar-refractivity contribution in [2.45, 2.75) is 84.1 Å². The predicted octanol–water partition coefficient (Wildman–Crippen LogP) is 5.26. The second-order valence-electron chi connectivity index (χ2n) is 11.8. The second kappa shape index (κ2) is 11.2. The van der Waals surface area contributed by atoms with E-state index in [0.717, 1.165) is 25.0 Å². The molecular formula is C29H49N5. The van der Waals surface area contributed by atoms with Crippen LogP contribution in [-0.2, 0) is 0 Å². The van der Waals surface area contributed by atoms with Gasteiger partial charge in [0.2, 0.25) is 0 Å². The van der Waals surface area contributed by atoms with Gasteiger partial charge in [-0.15, -0.1) is 0 Å². The number of likely N-dealkylation sites (tertiary alicyclic amines) is 1. The van der Waals surface area contributed by atoms with E-state index in [1.807, 2.05) is 0 Å². The van der Waals surface area contributed by atoms with Gasteiger partial charge in [0.05, 0.1) is 11.9 Å². The largest absolute Gasteiger partial charge is 0.368 e. The molecule has 190 valence electrons. The van der Waals surface area contributed by atoms with E-state index in [1.165, 1.54) is 122 Å². The van der Waals surface area contributed by atoms with Crippen molar-refractivity contribution in [3.63, 3.8) is 0 Å². The van der Waals surface area contributed by atoms with Crippen LogP contribution in [0.2, 0.25) is 0 Å². The Morgan fingerprint density at radius 2 is 1.53 bits per heavy atom. The van der Waals surface area contributed by atoms with Crippen LogP contribution in [0.15, 0.2) is 18.3 Å². The van der Waals surface area contributed by atoms with E-state index in [4.69, 9.17) is 4.98 Å². The van der Waals surface area contributed by atoms with Crippen molar-refractivity contribution in [2.24, 2.45) is 11.3 Å². The SMILES string of the molecule is CCC(CC)CCN1CCN(c2ccc(N3CCC4(CC3)CCN(C3CCC3)CC4)nc2)CC1. The van der Waals surface area contributed by atoms with Crippen molar-refractivity contribution < 1.29 is 0 Å². The summed E-state index contributed by atoms with van der Waals surface area (Å²) in [6.45, 7) is 15.7. The maximum absolute atomic E-state index is 4.93. The summed E-state index contributed by atoms with van der Waals surface area (Å²) in [7, 11) is 0. The average molecular weight is 468 g/mol. The molecule has 0 N–H and O–H groups in total. The Bertz CT molecular complexity index is 730. The number of aromatic nitrogens is 1. The highest BCUT2D eigenvalue weighted by Crippen LogP contribution is 2.43. The van der Waals surface area contributed by atoms with E-state index in [2.05, 4.69) is 51.8 Å². The molecule has 0 atom stereocenters. The highest BCUT2D eigenvalue weighted by atomic mass is 15.3. The van der Waals surface area contributed by atoms with Crippen molar-refractivity contribution in [1.29, 1.82) is 0 Å². The summed E-state index contributed by atoms with van der Waals surface area (Å²) >= 11 is 0. The molecule has 0 unspecified atom stereocenters. The average Bonchev–Trinajstić information content (AvgIpc) is 2.86. The normalized spacial score (nSPS) is 24.7. The maximum Gasteiger partial charge on any atom is 0.128 e. The molecule has 5 rings (SSSR count). The number of nitrogens with zero attached hydrogens (tertiary/aromatic N) is 5. The summed E-state index contributed by atoms with van der Waals surface area (Å²) in [6, 6.07) is 5.54. The smallest absolute Gasteiger partial charge is 0.128 e. The molecule has 5 nitrogen and oxygen atoms in total. The molecule has 1 aromatic heterocycles. The van der Waals surface area contributed by atoms with Gasteiger partial charge in [-0.25, -0.2) is 4.98 Å². The zero-order valence-corrected chi connectivity index (χ0v) is 22.1. The summed E-state index contributed by atoms with van der Waals surface area (Å²) < 4.78 is 0. The van der Waals surface area contributed by atoms with Crippen molar-refractivity contribution in [1.82, 2.24) is 14.8 Å². The molecule has 0 radical (unpaired) electrons.